The van der Waals surface area contributed by atoms with Crippen molar-refractivity contribution in [3.63, 3.8) is 0 Å². The molecule has 0 spiro atoms. The Morgan fingerprint density at radius 1 is 1.27 bits per heavy atom. The van der Waals surface area contributed by atoms with Crippen LogP contribution in [0.1, 0.15) is 41.9 Å². The molecule has 1 N–H and O–H groups in total. The number of halogens is 2. The van der Waals surface area contributed by atoms with E-state index in [2.05, 4.69) is 20.3 Å². The normalized spacial score (nSPS) is 17.8. The largest absolute Gasteiger partial charge is 0.349 e. The average molecular weight is 412 g/mol. The molecular weight excluding hydrogens is 390 g/mol. The Bertz CT molecular complexity index is 1100. The molecule has 0 aromatic carbocycles. The highest BCUT2D eigenvalue weighted by Gasteiger charge is 2.44. The Morgan fingerprint density at radius 3 is 2.77 bits per heavy atom. The van der Waals surface area contributed by atoms with Crippen LogP contribution in [0.3, 0.4) is 0 Å². The van der Waals surface area contributed by atoms with E-state index >= 15 is 0 Å². The molecule has 1 amide bonds. The lowest BCUT2D eigenvalue weighted by Crippen LogP contribution is -2.59. The quantitative estimate of drug-likeness (QED) is 0.670. The molecule has 1 saturated heterocycles. The van der Waals surface area contributed by atoms with Gasteiger partial charge in [0.05, 0.1) is 36.9 Å². The van der Waals surface area contributed by atoms with Crippen LogP contribution in [0, 0.1) is 18.7 Å². The lowest BCUT2D eigenvalue weighted by Gasteiger charge is -2.45. The number of aryl methyl sites for hydroxylation is 1. The number of nitrogens with zero attached hydrogens (tertiary/aromatic N) is 5. The molecular formula is C21H22F2N6O. The summed E-state index contributed by atoms with van der Waals surface area (Å²) in [5, 5.41) is 2.62. The van der Waals surface area contributed by atoms with Gasteiger partial charge in [0.15, 0.2) is 11.5 Å². The maximum Gasteiger partial charge on any atom is 0.275 e. The third-order valence-corrected chi connectivity index (χ3v) is 5.73. The number of nitrogens with one attached hydrogen (secondary N) is 1. The van der Waals surface area contributed by atoms with Crippen LogP contribution >= 0.6 is 0 Å². The van der Waals surface area contributed by atoms with Crippen LogP contribution in [-0.4, -0.2) is 44.0 Å². The van der Waals surface area contributed by atoms with Crippen molar-refractivity contribution in [1.29, 1.82) is 0 Å². The number of alkyl halides is 1. The first kappa shape index (κ1) is 18.9. The second-order valence-electron chi connectivity index (χ2n) is 8.39. The first-order chi connectivity index (χ1) is 14.4. The number of carbonyl (C=O) groups excluding carboxylic acids is 1. The van der Waals surface area contributed by atoms with Gasteiger partial charge < -0.3 is 14.6 Å². The maximum atomic E-state index is 14.6. The van der Waals surface area contributed by atoms with Crippen LogP contribution in [0.2, 0.25) is 0 Å². The number of hydrogen-bond acceptors (Lipinski definition) is 5. The Hall–Kier alpha value is -3.10. The number of fused-ring (bicyclic) bond motifs is 1. The van der Waals surface area contributed by atoms with E-state index in [1.165, 1.54) is 35.7 Å². The summed E-state index contributed by atoms with van der Waals surface area (Å²) < 4.78 is 30.3. The van der Waals surface area contributed by atoms with Crippen molar-refractivity contribution in [2.75, 3.05) is 23.3 Å². The van der Waals surface area contributed by atoms with Crippen LogP contribution in [0.5, 0.6) is 0 Å². The second-order valence-corrected chi connectivity index (χ2v) is 8.39. The van der Waals surface area contributed by atoms with Crippen LogP contribution in [0.4, 0.5) is 20.3 Å². The standard InChI is InChI=1S/C21H22F2N6O/c1-13-9-28-10-15(6-16(22)19(28)26-13)27-20(30)17-7-25-18(8-24-17)29-11-21(23,12-29)5-4-14-2-3-14/h6-10,14H,2-5,11-12H2,1H3,(H,27,30). The van der Waals surface area contributed by atoms with Gasteiger partial charge in [-0.2, -0.15) is 0 Å². The fourth-order valence-electron chi connectivity index (χ4n) is 3.87. The Kier molecular flexibility index (Phi) is 4.41. The molecule has 2 aliphatic rings. The smallest absolute Gasteiger partial charge is 0.275 e. The molecule has 1 aliphatic carbocycles. The monoisotopic (exact) mass is 412 g/mol. The molecule has 2 fully saturated rings. The number of rotatable bonds is 6. The van der Waals surface area contributed by atoms with Crippen LogP contribution in [0.15, 0.2) is 30.9 Å². The third kappa shape index (κ3) is 3.71. The highest BCUT2D eigenvalue weighted by atomic mass is 19.1. The van der Waals surface area contributed by atoms with Gasteiger partial charge in [0.25, 0.3) is 5.91 Å². The van der Waals surface area contributed by atoms with E-state index in [1.54, 1.807) is 19.3 Å². The molecule has 0 atom stereocenters. The molecule has 156 valence electrons. The molecule has 1 saturated carbocycles. The predicted octanol–water partition coefficient (Wildman–Crippen LogP) is 3.54. The van der Waals surface area contributed by atoms with Gasteiger partial charge in [-0.15, -0.1) is 0 Å². The molecule has 4 heterocycles. The van der Waals surface area contributed by atoms with Gasteiger partial charge >= 0.3 is 0 Å². The molecule has 30 heavy (non-hydrogen) atoms. The Morgan fingerprint density at radius 2 is 2.07 bits per heavy atom. The summed E-state index contributed by atoms with van der Waals surface area (Å²) in [6.07, 6.45) is 10.1. The Balaban J connectivity index is 1.22. The minimum atomic E-state index is -1.14. The van der Waals surface area contributed by atoms with Gasteiger partial charge in [0.1, 0.15) is 17.2 Å². The molecule has 9 heteroatoms. The number of imidazole rings is 1. The maximum absolute atomic E-state index is 14.6. The third-order valence-electron chi connectivity index (χ3n) is 5.73. The van der Waals surface area contributed by atoms with Crippen molar-refractivity contribution in [3.8, 4) is 0 Å². The molecule has 7 nitrogen and oxygen atoms in total. The number of aromatic nitrogens is 4. The topological polar surface area (TPSA) is 75.4 Å². The van der Waals surface area contributed by atoms with Crippen LogP contribution in [-0.2, 0) is 0 Å². The molecule has 0 radical (unpaired) electrons. The SMILES string of the molecule is Cc1cn2cc(NC(=O)c3cnc(N4CC(F)(CCC5CC5)C4)cn3)cc(F)c2n1. The van der Waals surface area contributed by atoms with Crippen molar-refractivity contribution in [2.45, 2.75) is 38.3 Å². The first-order valence-electron chi connectivity index (χ1n) is 10.1. The van der Waals surface area contributed by atoms with E-state index in [1.807, 2.05) is 4.90 Å². The average Bonchev–Trinajstić information content (AvgIpc) is 3.44. The molecule has 0 bridgehead atoms. The number of pyridine rings is 1. The Labute approximate surface area is 172 Å². The fourth-order valence-corrected chi connectivity index (χ4v) is 3.87. The predicted molar refractivity (Wildman–Crippen MR) is 108 cm³/mol. The highest BCUT2D eigenvalue weighted by Crippen LogP contribution is 2.40. The van der Waals surface area contributed by atoms with Crippen LogP contribution < -0.4 is 10.2 Å². The highest BCUT2D eigenvalue weighted by molar-refractivity contribution is 6.02. The van der Waals surface area contributed by atoms with Gasteiger partial charge in [0.2, 0.25) is 0 Å². The number of hydrogen-bond donors (Lipinski definition) is 1. The van der Waals surface area contributed by atoms with E-state index in [9.17, 15) is 13.6 Å². The minimum Gasteiger partial charge on any atom is -0.349 e. The zero-order chi connectivity index (χ0) is 20.9. The number of carbonyl (C=O) groups is 1. The summed E-state index contributed by atoms with van der Waals surface area (Å²) in [6.45, 7) is 2.38. The molecule has 5 rings (SSSR count). The van der Waals surface area contributed by atoms with Gasteiger partial charge in [0, 0.05) is 18.5 Å². The van der Waals surface area contributed by atoms with Crippen molar-refractivity contribution < 1.29 is 13.6 Å². The fraction of sp³-hybridized carbons (Fsp3) is 0.429. The van der Waals surface area contributed by atoms with Gasteiger partial charge in [-0.3, -0.25) is 4.79 Å². The summed E-state index contributed by atoms with van der Waals surface area (Å²) in [7, 11) is 0. The van der Waals surface area contributed by atoms with Gasteiger partial charge in [-0.05, 0) is 25.7 Å². The van der Waals surface area contributed by atoms with E-state index in [-0.39, 0.29) is 17.0 Å². The molecule has 3 aromatic rings. The van der Waals surface area contributed by atoms with E-state index < -0.39 is 17.4 Å². The van der Waals surface area contributed by atoms with E-state index in [0.717, 1.165) is 12.3 Å². The van der Waals surface area contributed by atoms with Gasteiger partial charge in [-0.1, -0.05) is 12.8 Å². The van der Waals surface area contributed by atoms with Crippen molar-refractivity contribution in [2.24, 2.45) is 5.92 Å². The van der Waals surface area contributed by atoms with Crippen LogP contribution in [0.25, 0.3) is 5.65 Å². The molecule has 0 unspecified atom stereocenters. The summed E-state index contributed by atoms with van der Waals surface area (Å²) in [5.41, 5.74) is 0.116. The van der Waals surface area contributed by atoms with E-state index in [4.69, 9.17) is 0 Å². The zero-order valence-electron chi connectivity index (χ0n) is 16.6. The lowest BCUT2D eigenvalue weighted by atomic mass is 9.90. The van der Waals surface area contributed by atoms with Crippen molar-refractivity contribution >= 4 is 23.1 Å². The molecule has 3 aromatic heterocycles. The summed E-state index contributed by atoms with van der Waals surface area (Å²) in [4.78, 5) is 26.8. The van der Waals surface area contributed by atoms with Crippen molar-refractivity contribution in [1.82, 2.24) is 19.4 Å². The van der Waals surface area contributed by atoms with Crippen molar-refractivity contribution in [3.05, 3.63) is 48.1 Å². The summed E-state index contributed by atoms with van der Waals surface area (Å²) in [6, 6.07) is 1.21. The minimum absolute atomic E-state index is 0.0989. The number of amides is 1. The van der Waals surface area contributed by atoms with E-state index in [0.29, 0.717) is 31.0 Å². The first-order valence-corrected chi connectivity index (χ1v) is 10.1. The van der Waals surface area contributed by atoms with Gasteiger partial charge in [-0.25, -0.2) is 23.7 Å². The number of anilines is 2. The summed E-state index contributed by atoms with van der Waals surface area (Å²) >= 11 is 0. The summed E-state index contributed by atoms with van der Waals surface area (Å²) in [5.74, 6) is 0.234. The molecule has 1 aliphatic heterocycles. The lowest BCUT2D eigenvalue weighted by molar-refractivity contribution is 0.101. The zero-order valence-corrected chi connectivity index (χ0v) is 16.6. The second kappa shape index (κ2) is 7.00.